The van der Waals surface area contributed by atoms with Crippen LogP contribution < -0.4 is 0 Å². The third-order valence-corrected chi connectivity index (χ3v) is 5.71. The van der Waals surface area contributed by atoms with Gasteiger partial charge in [0, 0.05) is 21.0 Å². The minimum atomic E-state index is 0.531. The standard InChI is InChI=1S/C16H15BrS/c1-2-12-13-7-4-3-6-11(13)10-18-16-14(12)8-5-9-15(16)17/h3-9,12H,2,10H2,1H3. The van der Waals surface area contributed by atoms with Gasteiger partial charge in [0.1, 0.15) is 0 Å². The van der Waals surface area contributed by atoms with Gasteiger partial charge in [-0.2, -0.15) is 0 Å². The van der Waals surface area contributed by atoms with Crippen molar-refractivity contribution < 1.29 is 0 Å². The van der Waals surface area contributed by atoms with E-state index >= 15 is 0 Å². The molecule has 0 amide bonds. The summed E-state index contributed by atoms with van der Waals surface area (Å²) in [6.07, 6.45) is 1.15. The van der Waals surface area contributed by atoms with E-state index in [9.17, 15) is 0 Å². The normalized spacial score (nSPS) is 17.8. The number of fused-ring (bicyclic) bond motifs is 2. The molecule has 0 aliphatic carbocycles. The van der Waals surface area contributed by atoms with E-state index in [1.807, 2.05) is 11.8 Å². The van der Waals surface area contributed by atoms with Crippen LogP contribution in [0.5, 0.6) is 0 Å². The molecule has 2 aromatic rings. The zero-order valence-electron chi connectivity index (χ0n) is 10.3. The van der Waals surface area contributed by atoms with Gasteiger partial charge in [-0.3, -0.25) is 0 Å². The van der Waals surface area contributed by atoms with E-state index in [0.717, 1.165) is 12.2 Å². The lowest BCUT2D eigenvalue weighted by Crippen LogP contribution is -2.02. The van der Waals surface area contributed by atoms with Crippen molar-refractivity contribution in [3.63, 3.8) is 0 Å². The first-order valence-corrected chi connectivity index (χ1v) is 8.08. The van der Waals surface area contributed by atoms with Crippen LogP contribution in [0.25, 0.3) is 0 Å². The zero-order chi connectivity index (χ0) is 12.5. The fraction of sp³-hybridized carbons (Fsp3) is 0.250. The van der Waals surface area contributed by atoms with Crippen LogP contribution in [0.15, 0.2) is 51.8 Å². The maximum absolute atomic E-state index is 3.70. The van der Waals surface area contributed by atoms with Crippen LogP contribution in [-0.4, -0.2) is 0 Å². The van der Waals surface area contributed by atoms with Gasteiger partial charge in [-0.1, -0.05) is 43.3 Å². The van der Waals surface area contributed by atoms with Crippen molar-refractivity contribution in [3.8, 4) is 0 Å². The second kappa shape index (κ2) is 5.10. The Kier molecular flexibility index (Phi) is 3.49. The van der Waals surface area contributed by atoms with E-state index < -0.39 is 0 Å². The molecule has 92 valence electrons. The van der Waals surface area contributed by atoms with E-state index in [0.29, 0.717) is 5.92 Å². The van der Waals surface area contributed by atoms with Crippen LogP contribution in [0, 0.1) is 0 Å². The first kappa shape index (κ1) is 12.3. The Morgan fingerprint density at radius 3 is 2.72 bits per heavy atom. The fourth-order valence-electron chi connectivity index (χ4n) is 2.72. The molecule has 0 radical (unpaired) electrons. The molecular weight excluding hydrogens is 304 g/mol. The van der Waals surface area contributed by atoms with Crippen molar-refractivity contribution in [1.82, 2.24) is 0 Å². The molecule has 2 heteroatoms. The highest BCUT2D eigenvalue weighted by atomic mass is 79.9. The molecular formula is C16H15BrS. The van der Waals surface area contributed by atoms with Gasteiger partial charge in [0.25, 0.3) is 0 Å². The maximum atomic E-state index is 3.70. The lowest BCUT2D eigenvalue weighted by Gasteiger charge is -2.18. The van der Waals surface area contributed by atoms with E-state index in [-0.39, 0.29) is 0 Å². The van der Waals surface area contributed by atoms with Gasteiger partial charge in [-0.05, 0) is 45.1 Å². The average molecular weight is 319 g/mol. The summed E-state index contributed by atoms with van der Waals surface area (Å²) in [6, 6.07) is 15.5. The molecule has 0 aromatic heterocycles. The number of benzene rings is 2. The number of rotatable bonds is 1. The summed E-state index contributed by atoms with van der Waals surface area (Å²) >= 11 is 5.65. The van der Waals surface area contributed by atoms with Crippen molar-refractivity contribution >= 4 is 27.7 Å². The summed E-state index contributed by atoms with van der Waals surface area (Å²) in [4.78, 5) is 1.42. The van der Waals surface area contributed by atoms with Gasteiger partial charge < -0.3 is 0 Å². The van der Waals surface area contributed by atoms with Crippen LogP contribution >= 0.6 is 27.7 Å². The lowest BCUT2D eigenvalue weighted by molar-refractivity contribution is 0.758. The number of thioether (sulfide) groups is 1. The molecule has 1 unspecified atom stereocenters. The number of hydrogen-bond acceptors (Lipinski definition) is 1. The van der Waals surface area contributed by atoms with E-state index in [1.165, 1.54) is 26.1 Å². The highest BCUT2D eigenvalue weighted by Crippen LogP contribution is 2.44. The Balaban J connectivity index is 2.21. The predicted octanol–water partition coefficient (Wildman–Crippen LogP) is 5.60. The largest absolute Gasteiger partial charge is 0.120 e. The third kappa shape index (κ3) is 2.02. The monoisotopic (exact) mass is 318 g/mol. The van der Waals surface area contributed by atoms with Gasteiger partial charge >= 0.3 is 0 Å². The Morgan fingerprint density at radius 1 is 1.11 bits per heavy atom. The minimum Gasteiger partial charge on any atom is -0.120 e. The molecule has 1 heterocycles. The second-order valence-corrected chi connectivity index (χ2v) is 6.45. The molecule has 3 rings (SSSR count). The molecule has 0 bridgehead atoms. The lowest BCUT2D eigenvalue weighted by atomic mass is 9.87. The Labute approximate surface area is 121 Å². The summed E-state index contributed by atoms with van der Waals surface area (Å²) in [6.45, 7) is 2.28. The second-order valence-electron chi connectivity index (χ2n) is 4.61. The van der Waals surface area contributed by atoms with Crippen LogP contribution in [0.1, 0.15) is 36.0 Å². The van der Waals surface area contributed by atoms with Crippen molar-refractivity contribution in [2.24, 2.45) is 0 Å². The van der Waals surface area contributed by atoms with Crippen LogP contribution in [-0.2, 0) is 5.75 Å². The van der Waals surface area contributed by atoms with E-state index in [2.05, 4.69) is 65.3 Å². The summed E-state index contributed by atoms with van der Waals surface area (Å²) in [5.41, 5.74) is 4.46. The molecule has 0 saturated carbocycles. The molecule has 0 nitrogen and oxygen atoms in total. The van der Waals surface area contributed by atoms with E-state index in [4.69, 9.17) is 0 Å². The number of halogens is 1. The molecule has 18 heavy (non-hydrogen) atoms. The first-order valence-electron chi connectivity index (χ1n) is 6.30. The maximum Gasteiger partial charge on any atom is 0.0314 e. The zero-order valence-corrected chi connectivity index (χ0v) is 12.7. The molecule has 0 fully saturated rings. The van der Waals surface area contributed by atoms with Crippen molar-refractivity contribution in [3.05, 3.63) is 63.6 Å². The summed E-state index contributed by atoms with van der Waals surface area (Å²) in [7, 11) is 0. The van der Waals surface area contributed by atoms with Crippen molar-refractivity contribution in [2.45, 2.75) is 29.9 Å². The molecule has 0 spiro atoms. The summed E-state index contributed by atoms with van der Waals surface area (Å²) in [5, 5.41) is 0. The van der Waals surface area contributed by atoms with Gasteiger partial charge in [-0.15, -0.1) is 11.8 Å². The smallest absolute Gasteiger partial charge is 0.0314 e. The predicted molar refractivity (Wildman–Crippen MR) is 82.3 cm³/mol. The Bertz CT molecular complexity index is 577. The highest BCUT2D eigenvalue weighted by Gasteiger charge is 2.23. The Morgan fingerprint density at radius 2 is 1.89 bits per heavy atom. The van der Waals surface area contributed by atoms with Crippen LogP contribution in [0.2, 0.25) is 0 Å². The number of hydrogen-bond donors (Lipinski definition) is 0. The van der Waals surface area contributed by atoms with Crippen molar-refractivity contribution in [1.29, 1.82) is 0 Å². The molecule has 2 aromatic carbocycles. The first-order chi connectivity index (χ1) is 8.81. The topological polar surface area (TPSA) is 0 Å². The van der Waals surface area contributed by atoms with Crippen molar-refractivity contribution in [2.75, 3.05) is 0 Å². The molecule has 0 saturated heterocycles. The molecule has 1 aliphatic heterocycles. The fourth-order valence-corrected chi connectivity index (χ4v) is 4.59. The van der Waals surface area contributed by atoms with Gasteiger partial charge in [0.15, 0.2) is 0 Å². The third-order valence-electron chi connectivity index (χ3n) is 3.58. The van der Waals surface area contributed by atoms with Crippen LogP contribution in [0.4, 0.5) is 0 Å². The highest BCUT2D eigenvalue weighted by molar-refractivity contribution is 9.10. The summed E-state index contributed by atoms with van der Waals surface area (Å²) in [5.74, 6) is 1.60. The van der Waals surface area contributed by atoms with Gasteiger partial charge in [0.05, 0.1) is 0 Å². The van der Waals surface area contributed by atoms with Crippen LogP contribution in [0.3, 0.4) is 0 Å². The molecule has 1 atom stereocenters. The van der Waals surface area contributed by atoms with Gasteiger partial charge in [-0.25, -0.2) is 0 Å². The molecule has 1 aliphatic rings. The average Bonchev–Trinajstić information content (AvgIpc) is 2.56. The van der Waals surface area contributed by atoms with Gasteiger partial charge in [0.2, 0.25) is 0 Å². The SMILES string of the molecule is CCC1c2ccccc2CSc2c(Br)cccc21. The Hall–Kier alpha value is -0.730. The minimum absolute atomic E-state index is 0.531. The quantitative estimate of drug-likeness (QED) is 0.659. The molecule has 0 N–H and O–H groups in total. The van der Waals surface area contributed by atoms with E-state index in [1.54, 1.807) is 0 Å². The summed E-state index contributed by atoms with van der Waals surface area (Å²) < 4.78 is 1.23.